The van der Waals surface area contributed by atoms with Crippen LogP contribution in [0.3, 0.4) is 0 Å². The first-order valence-corrected chi connectivity index (χ1v) is 12.2. The minimum absolute atomic E-state index is 0.0520. The second kappa shape index (κ2) is 9.33. The summed E-state index contributed by atoms with van der Waals surface area (Å²) in [5.74, 6) is 0.596. The molecule has 0 N–H and O–H groups in total. The molecule has 4 rings (SSSR count). The van der Waals surface area contributed by atoms with E-state index in [9.17, 15) is 18.0 Å². The van der Waals surface area contributed by atoms with Crippen LogP contribution in [-0.4, -0.2) is 74.5 Å². The molecule has 2 fully saturated rings. The molecule has 0 radical (unpaired) electrons. The smallest absolute Gasteiger partial charge is 0.251 e. The van der Waals surface area contributed by atoms with Crippen LogP contribution in [-0.2, 0) is 21.4 Å². The lowest BCUT2D eigenvalue weighted by atomic mass is 10.2. The van der Waals surface area contributed by atoms with E-state index in [0.717, 1.165) is 24.3 Å². The van der Waals surface area contributed by atoms with Crippen LogP contribution in [0.2, 0.25) is 0 Å². The molecular formula is C22H28N4O5S. The predicted molar refractivity (Wildman–Crippen MR) is 120 cm³/mol. The monoisotopic (exact) mass is 460 g/mol. The number of anilines is 1. The summed E-state index contributed by atoms with van der Waals surface area (Å²) >= 11 is 0. The van der Waals surface area contributed by atoms with E-state index >= 15 is 0 Å². The Hall–Kier alpha value is -2.85. The SMILES string of the molecule is COc1ccc(N2CCN(C(=O)Cn3cc(S(=O)(=O)N4CCCC4)ccc3=O)CC2)cc1. The molecule has 1 aromatic heterocycles. The molecule has 172 valence electrons. The van der Waals surface area contributed by atoms with Crippen molar-refractivity contribution in [3.05, 3.63) is 52.9 Å². The van der Waals surface area contributed by atoms with Crippen molar-refractivity contribution in [3.63, 3.8) is 0 Å². The third-order valence-corrected chi connectivity index (χ3v) is 7.92. The van der Waals surface area contributed by atoms with Crippen molar-refractivity contribution in [3.8, 4) is 5.75 Å². The fourth-order valence-electron chi connectivity index (χ4n) is 4.12. The molecule has 2 saturated heterocycles. The molecule has 0 bridgehead atoms. The van der Waals surface area contributed by atoms with Crippen LogP contribution >= 0.6 is 0 Å². The van der Waals surface area contributed by atoms with Crippen LogP contribution in [0.15, 0.2) is 52.3 Å². The molecule has 0 saturated carbocycles. The van der Waals surface area contributed by atoms with Crippen molar-refractivity contribution in [1.29, 1.82) is 0 Å². The van der Waals surface area contributed by atoms with Gasteiger partial charge >= 0.3 is 0 Å². The van der Waals surface area contributed by atoms with E-state index < -0.39 is 15.6 Å². The second-order valence-corrected chi connectivity index (χ2v) is 9.95. The zero-order chi connectivity index (χ0) is 22.7. The van der Waals surface area contributed by atoms with Crippen LogP contribution < -0.4 is 15.2 Å². The molecule has 9 nitrogen and oxygen atoms in total. The number of benzene rings is 1. The van der Waals surface area contributed by atoms with Gasteiger partial charge in [-0.1, -0.05) is 0 Å². The van der Waals surface area contributed by atoms with Crippen molar-refractivity contribution in [1.82, 2.24) is 13.8 Å². The number of rotatable bonds is 6. The average Bonchev–Trinajstić information content (AvgIpc) is 3.36. The van der Waals surface area contributed by atoms with Crippen molar-refractivity contribution >= 4 is 21.6 Å². The van der Waals surface area contributed by atoms with Gasteiger partial charge in [-0.15, -0.1) is 0 Å². The Morgan fingerprint density at radius 1 is 0.938 bits per heavy atom. The van der Waals surface area contributed by atoms with Crippen LogP contribution in [0.5, 0.6) is 5.75 Å². The minimum atomic E-state index is -3.65. The Morgan fingerprint density at radius 2 is 1.59 bits per heavy atom. The molecule has 10 heteroatoms. The van der Waals surface area contributed by atoms with E-state index in [0.29, 0.717) is 39.3 Å². The molecule has 0 spiro atoms. The number of amides is 1. The standard InChI is InChI=1S/C22H28N4O5S/c1-31-19-6-4-18(5-7-19)23-12-14-24(15-13-23)22(28)17-25-16-20(8-9-21(25)27)32(29,30)26-10-2-3-11-26/h4-9,16H,2-3,10-15,17H2,1H3. The van der Waals surface area contributed by atoms with E-state index in [-0.39, 0.29) is 17.3 Å². The Kier molecular flexibility index (Phi) is 6.52. The van der Waals surface area contributed by atoms with Gasteiger partial charge in [-0.2, -0.15) is 4.31 Å². The molecule has 1 aromatic carbocycles. The highest BCUT2D eigenvalue weighted by molar-refractivity contribution is 7.89. The molecule has 2 aromatic rings. The highest BCUT2D eigenvalue weighted by Gasteiger charge is 2.28. The number of piperazine rings is 1. The summed E-state index contributed by atoms with van der Waals surface area (Å²) in [6.07, 6.45) is 2.96. The Labute approximate surface area is 187 Å². The van der Waals surface area contributed by atoms with E-state index in [2.05, 4.69) is 4.90 Å². The predicted octanol–water partition coefficient (Wildman–Crippen LogP) is 0.990. The zero-order valence-corrected chi connectivity index (χ0v) is 19.0. The summed E-state index contributed by atoms with van der Waals surface area (Å²) in [4.78, 5) is 29.1. The quantitative estimate of drug-likeness (QED) is 0.639. The molecule has 3 heterocycles. The van der Waals surface area contributed by atoms with Gasteiger partial charge in [0.2, 0.25) is 15.9 Å². The lowest BCUT2D eigenvalue weighted by Gasteiger charge is -2.36. The van der Waals surface area contributed by atoms with E-state index in [1.165, 1.54) is 27.2 Å². The number of hydrogen-bond acceptors (Lipinski definition) is 6. The number of hydrogen-bond donors (Lipinski definition) is 0. The molecule has 2 aliphatic rings. The first-order valence-electron chi connectivity index (χ1n) is 10.8. The van der Waals surface area contributed by atoms with Gasteiger partial charge in [0.1, 0.15) is 12.3 Å². The van der Waals surface area contributed by atoms with Crippen LogP contribution in [0.4, 0.5) is 5.69 Å². The fraction of sp³-hybridized carbons (Fsp3) is 0.455. The number of aromatic nitrogens is 1. The van der Waals surface area contributed by atoms with Gasteiger partial charge in [0.15, 0.2) is 0 Å². The van der Waals surface area contributed by atoms with E-state index in [1.54, 1.807) is 12.0 Å². The van der Waals surface area contributed by atoms with Gasteiger partial charge in [-0.3, -0.25) is 9.59 Å². The molecular weight excluding hydrogens is 432 g/mol. The fourth-order valence-corrected chi connectivity index (χ4v) is 5.65. The number of methoxy groups -OCH3 is 1. The van der Waals surface area contributed by atoms with Crippen molar-refractivity contribution in [2.75, 3.05) is 51.3 Å². The summed E-state index contributed by atoms with van der Waals surface area (Å²) in [5.41, 5.74) is 0.671. The maximum Gasteiger partial charge on any atom is 0.251 e. The van der Waals surface area contributed by atoms with Crippen LogP contribution in [0.1, 0.15) is 12.8 Å². The number of carbonyl (C=O) groups excluding carboxylic acids is 1. The highest BCUT2D eigenvalue weighted by atomic mass is 32.2. The first-order chi connectivity index (χ1) is 15.4. The van der Waals surface area contributed by atoms with Gasteiger partial charge in [0, 0.05) is 57.2 Å². The summed E-state index contributed by atoms with van der Waals surface area (Å²) in [5, 5.41) is 0. The maximum absolute atomic E-state index is 12.8. The van der Waals surface area contributed by atoms with Crippen LogP contribution in [0, 0.1) is 0 Å². The molecule has 32 heavy (non-hydrogen) atoms. The van der Waals surface area contributed by atoms with Gasteiger partial charge in [-0.25, -0.2) is 8.42 Å². The van der Waals surface area contributed by atoms with Crippen molar-refractivity contribution in [2.24, 2.45) is 0 Å². The molecule has 0 aliphatic carbocycles. The van der Waals surface area contributed by atoms with Gasteiger partial charge < -0.3 is 19.1 Å². The number of pyridine rings is 1. The minimum Gasteiger partial charge on any atom is -0.497 e. The summed E-state index contributed by atoms with van der Waals surface area (Å²) in [6, 6.07) is 10.3. The molecule has 0 unspecified atom stereocenters. The number of ether oxygens (including phenoxy) is 1. The summed E-state index contributed by atoms with van der Waals surface area (Å²) in [6.45, 7) is 3.21. The first kappa shape index (κ1) is 22.3. The van der Waals surface area contributed by atoms with Crippen molar-refractivity contribution < 1.29 is 17.9 Å². The zero-order valence-electron chi connectivity index (χ0n) is 18.1. The molecule has 1 amide bonds. The number of carbonyl (C=O) groups is 1. The molecule has 2 aliphatic heterocycles. The van der Waals surface area contributed by atoms with Gasteiger partial charge in [-0.05, 0) is 43.2 Å². The van der Waals surface area contributed by atoms with Gasteiger partial charge in [0.25, 0.3) is 5.56 Å². The third-order valence-electron chi connectivity index (χ3n) is 6.03. The average molecular weight is 461 g/mol. The van der Waals surface area contributed by atoms with Crippen molar-refractivity contribution in [2.45, 2.75) is 24.3 Å². The number of sulfonamides is 1. The van der Waals surface area contributed by atoms with E-state index in [4.69, 9.17) is 4.74 Å². The topological polar surface area (TPSA) is 92.2 Å². The Bertz CT molecular complexity index is 1120. The Balaban J connectivity index is 1.40. The normalized spacial score (nSPS) is 17.5. The Morgan fingerprint density at radius 3 is 2.22 bits per heavy atom. The maximum atomic E-state index is 12.8. The largest absolute Gasteiger partial charge is 0.497 e. The van der Waals surface area contributed by atoms with Crippen LogP contribution in [0.25, 0.3) is 0 Å². The number of nitrogens with zero attached hydrogens (tertiary/aromatic N) is 4. The lowest BCUT2D eigenvalue weighted by molar-refractivity contribution is -0.132. The third kappa shape index (κ3) is 4.66. The van der Waals surface area contributed by atoms with E-state index in [1.807, 2.05) is 24.3 Å². The summed E-state index contributed by atoms with van der Waals surface area (Å²) < 4.78 is 33.4. The van der Waals surface area contributed by atoms with Gasteiger partial charge in [0.05, 0.1) is 12.0 Å². The second-order valence-electron chi connectivity index (χ2n) is 8.01. The highest BCUT2D eigenvalue weighted by Crippen LogP contribution is 2.21. The molecule has 0 atom stereocenters. The summed E-state index contributed by atoms with van der Waals surface area (Å²) in [7, 11) is -2.02. The lowest BCUT2D eigenvalue weighted by Crippen LogP contribution is -2.50.